The van der Waals surface area contributed by atoms with Gasteiger partial charge in [-0.15, -0.1) is 0 Å². The molecule has 1 aromatic heterocycles. The van der Waals surface area contributed by atoms with Crippen LogP contribution in [0.1, 0.15) is 27.9 Å². The zero-order valence-electron chi connectivity index (χ0n) is 11.5. The molecule has 1 N–H and O–H groups in total. The minimum Gasteiger partial charge on any atom is -0.497 e. The van der Waals surface area contributed by atoms with E-state index in [0.29, 0.717) is 17.0 Å². The van der Waals surface area contributed by atoms with Crippen molar-refractivity contribution in [1.82, 2.24) is 9.55 Å². The molecule has 0 saturated carbocycles. The zero-order valence-corrected chi connectivity index (χ0v) is 11.5. The topological polar surface area (TPSA) is 73.2 Å². The van der Waals surface area contributed by atoms with E-state index in [9.17, 15) is 9.59 Å². The van der Waals surface area contributed by atoms with Gasteiger partial charge in [-0.3, -0.25) is 9.59 Å². The van der Waals surface area contributed by atoms with Crippen molar-refractivity contribution in [3.63, 3.8) is 0 Å². The molecule has 104 valence electrons. The highest BCUT2D eigenvalue weighted by Crippen LogP contribution is 2.23. The van der Waals surface area contributed by atoms with Crippen molar-refractivity contribution in [2.45, 2.75) is 6.92 Å². The highest BCUT2D eigenvalue weighted by atomic mass is 16.5. The lowest BCUT2D eigenvalue weighted by atomic mass is 10.1. The normalized spacial score (nSPS) is 10.2. The van der Waals surface area contributed by atoms with Gasteiger partial charge in [0, 0.05) is 31.1 Å². The molecule has 2 rings (SSSR count). The average molecular weight is 273 g/mol. The van der Waals surface area contributed by atoms with E-state index in [-0.39, 0.29) is 17.5 Å². The summed E-state index contributed by atoms with van der Waals surface area (Å²) in [5, 5.41) is 2.69. The number of carbonyl (C=O) groups is 2. The fraction of sp³-hybridized carbons (Fsp3) is 0.214. The van der Waals surface area contributed by atoms with E-state index >= 15 is 0 Å². The van der Waals surface area contributed by atoms with Crippen LogP contribution in [0, 0.1) is 0 Å². The van der Waals surface area contributed by atoms with Crippen molar-refractivity contribution in [1.29, 1.82) is 0 Å². The van der Waals surface area contributed by atoms with Gasteiger partial charge in [0.2, 0.25) is 0 Å². The smallest absolute Gasteiger partial charge is 0.291 e. The first kappa shape index (κ1) is 13.8. The third kappa shape index (κ3) is 2.69. The summed E-state index contributed by atoms with van der Waals surface area (Å²) in [6.07, 6.45) is 3.21. The molecule has 0 aliphatic heterocycles. The standard InChI is InChI=1S/C14H15N3O3/c1-9(18)11-5-4-10(20-3)8-12(11)16-14(19)13-15-6-7-17(13)2/h4-8H,1-3H3,(H,16,19). The summed E-state index contributed by atoms with van der Waals surface area (Å²) < 4.78 is 6.70. The first-order chi connectivity index (χ1) is 9.52. The first-order valence-corrected chi connectivity index (χ1v) is 6.00. The number of amides is 1. The van der Waals surface area contributed by atoms with Crippen molar-refractivity contribution in [3.8, 4) is 5.75 Å². The number of rotatable bonds is 4. The van der Waals surface area contributed by atoms with E-state index < -0.39 is 0 Å². The molecule has 0 bridgehead atoms. The third-order valence-electron chi connectivity index (χ3n) is 2.88. The maximum atomic E-state index is 12.1. The van der Waals surface area contributed by atoms with Gasteiger partial charge in [-0.05, 0) is 19.1 Å². The summed E-state index contributed by atoms with van der Waals surface area (Å²) in [6.45, 7) is 1.44. The van der Waals surface area contributed by atoms with Crippen LogP contribution < -0.4 is 10.1 Å². The number of aryl methyl sites for hydroxylation is 1. The number of carbonyl (C=O) groups excluding carboxylic acids is 2. The van der Waals surface area contributed by atoms with Crippen LogP contribution in [0.2, 0.25) is 0 Å². The molecule has 0 aliphatic carbocycles. The van der Waals surface area contributed by atoms with Crippen LogP contribution >= 0.6 is 0 Å². The summed E-state index contributed by atoms with van der Waals surface area (Å²) in [5.41, 5.74) is 0.832. The Morgan fingerprint density at radius 2 is 2.10 bits per heavy atom. The molecule has 0 spiro atoms. The monoisotopic (exact) mass is 273 g/mol. The molecule has 20 heavy (non-hydrogen) atoms. The third-order valence-corrected chi connectivity index (χ3v) is 2.88. The van der Waals surface area contributed by atoms with E-state index in [1.54, 1.807) is 36.0 Å². The number of imidazole rings is 1. The van der Waals surface area contributed by atoms with Gasteiger partial charge in [0.25, 0.3) is 5.91 Å². The van der Waals surface area contributed by atoms with Crippen molar-refractivity contribution in [2.75, 3.05) is 12.4 Å². The first-order valence-electron chi connectivity index (χ1n) is 6.00. The van der Waals surface area contributed by atoms with E-state index in [0.717, 1.165) is 0 Å². The number of ether oxygens (including phenoxy) is 1. The molecule has 0 atom stereocenters. The molecule has 0 saturated heterocycles. The van der Waals surface area contributed by atoms with Crippen LogP contribution in [0.15, 0.2) is 30.6 Å². The molecule has 1 aromatic carbocycles. The van der Waals surface area contributed by atoms with Crippen molar-refractivity contribution >= 4 is 17.4 Å². The van der Waals surface area contributed by atoms with Gasteiger partial charge < -0.3 is 14.6 Å². The minimum absolute atomic E-state index is 0.136. The second-order valence-corrected chi connectivity index (χ2v) is 4.28. The fourth-order valence-corrected chi connectivity index (χ4v) is 1.82. The van der Waals surface area contributed by atoms with Crippen molar-refractivity contribution in [2.24, 2.45) is 7.05 Å². The summed E-state index contributed by atoms with van der Waals surface area (Å²) in [6, 6.07) is 4.90. The highest BCUT2D eigenvalue weighted by molar-refractivity contribution is 6.07. The van der Waals surface area contributed by atoms with Gasteiger partial charge in [-0.2, -0.15) is 0 Å². The number of anilines is 1. The fourth-order valence-electron chi connectivity index (χ4n) is 1.82. The number of ketones is 1. The van der Waals surface area contributed by atoms with Gasteiger partial charge in [-0.1, -0.05) is 0 Å². The number of benzene rings is 1. The van der Waals surface area contributed by atoms with Gasteiger partial charge in [0.05, 0.1) is 12.8 Å². The Morgan fingerprint density at radius 3 is 2.65 bits per heavy atom. The van der Waals surface area contributed by atoms with Crippen molar-refractivity contribution < 1.29 is 14.3 Å². The van der Waals surface area contributed by atoms with Crippen LogP contribution in [-0.4, -0.2) is 28.4 Å². The van der Waals surface area contributed by atoms with Crippen LogP contribution in [0.5, 0.6) is 5.75 Å². The summed E-state index contributed by atoms with van der Waals surface area (Å²) in [5.74, 6) is 0.309. The van der Waals surface area contributed by atoms with Crippen LogP contribution in [0.3, 0.4) is 0 Å². The Labute approximate surface area is 116 Å². The quantitative estimate of drug-likeness (QED) is 0.863. The van der Waals surface area contributed by atoms with Gasteiger partial charge in [0.15, 0.2) is 11.6 Å². The lowest BCUT2D eigenvalue weighted by molar-refractivity contribution is 0.101. The molecule has 0 radical (unpaired) electrons. The minimum atomic E-state index is -0.381. The van der Waals surface area contributed by atoms with Crippen LogP contribution in [-0.2, 0) is 7.05 Å². The molecule has 2 aromatic rings. The molecule has 0 fully saturated rings. The molecule has 0 aliphatic rings. The Morgan fingerprint density at radius 1 is 1.35 bits per heavy atom. The van der Waals surface area contributed by atoms with Gasteiger partial charge >= 0.3 is 0 Å². The zero-order chi connectivity index (χ0) is 14.7. The van der Waals surface area contributed by atoms with Gasteiger partial charge in [0.1, 0.15) is 5.75 Å². The Hall–Kier alpha value is -2.63. The summed E-state index contributed by atoms with van der Waals surface area (Å²) in [4.78, 5) is 27.7. The lowest BCUT2D eigenvalue weighted by Crippen LogP contribution is -2.18. The van der Waals surface area contributed by atoms with E-state index in [2.05, 4.69) is 10.3 Å². The van der Waals surface area contributed by atoms with E-state index in [4.69, 9.17) is 4.74 Å². The van der Waals surface area contributed by atoms with Crippen molar-refractivity contribution in [3.05, 3.63) is 42.0 Å². The number of nitrogens with one attached hydrogen (secondary N) is 1. The van der Waals surface area contributed by atoms with Crippen LogP contribution in [0.25, 0.3) is 0 Å². The molecular weight excluding hydrogens is 258 g/mol. The second kappa shape index (κ2) is 5.56. The summed E-state index contributed by atoms with van der Waals surface area (Å²) in [7, 11) is 3.24. The molecule has 1 heterocycles. The maximum Gasteiger partial charge on any atom is 0.291 e. The maximum absolute atomic E-state index is 12.1. The molecule has 0 unspecified atom stereocenters. The number of hydrogen-bond donors (Lipinski definition) is 1. The largest absolute Gasteiger partial charge is 0.497 e. The highest BCUT2D eigenvalue weighted by Gasteiger charge is 2.15. The Kier molecular flexibility index (Phi) is 3.84. The predicted octanol–water partition coefficient (Wildman–Crippen LogP) is 1.88. The lowest BCUT2D eigenvalue weighted by Gasteiger charge is -2.10. The number of aromatic nitrogens is 2. The van der Waals surface area contributed by atoms with E-state index in [1.807, 2.05) is 0 Å². The number of hydrogen-bond acceptors (Lipinski definition) is 4. The molecule has 1 amide bonds. The number of methoxy groups -OCH3 is 1. The average Bonchev–Trinajstić information content (AvgIpc) is 2.84. The Balaban J connectivity index is 2.34. The SMILES string of the molecule is COc1ccc(C(C)=O)c(NC(=O)c2nccn2C)c1. The van der Waals surface area contributed by atoms with Gasteiger partial charge in [-0.25, -0.2) is 4.98 Å². The predicted molar refractivity (Wildman–Crippen MR) is 74.2 cm³/mol. The van der Waals surface area contributed by atoms with E-state index in [1.165, 1.54) is 20.2 Å². The number of nitrogens with zero attached hydrogens (tertiary/aromatic N) is 2. The molecule has 6 heteroatoms. The second-order valence-electron chi connectivity index (χ2n) is 4.28. The number of Topliss-reactive ketones (excluding diaryl/α,β-unsaturated/α-hetero) is 1. The Bertz CT molecular complexity index is 661. The summed E-state index contributed by atoms with van der Waals surface area (Å²) >= 11 is 0. The molecular formula is C14H15N3O3. The van der Waals surface area contributed by atoms with Crippen LogP contribution in [0.4, 0.5) is 5.69 Å². The molecule has 6 nitrogen and oxygen atoms in total.